The average Bonchev–Trinajstić information content (AvgIpc) is 2.25. The van der Waals surface area contributed by atoms with Crippen LogP contribution in [-0.2, 0) is 10.6 Å². The molecule has 1 fully saturated rings. The lowest BCUT2D eigenvalue weighted by atomic mass is 10.0. The number of benzene rings is 1. The molecular formula is C14H19Cl2NO. The monoisotopic (exact) mass is 287 g/mol. The van der Waals surface area contributed by atoms with Crippen LogP contribution in [-0.4, -0.2) is 24.8 Å². The van der Waals surface area contributed by atoms with Crippen LogP contribution in [0.25, 0.3) is 0 Å². The zero-order valence-electron chi connectivity index (χ0n) is 11.0. The van der Waals surface area contributed by atoms with Gasteiger partial charge in [0.25, 0.3) is 0 Å². The molecule has 4 heteroatoms. The first-order valence-electron chi connectivity index (χ1n) is 6.18. The Morgan fingerprint density at radius 3 is 2.72 bits per heavy atom. The van der Waals surface area contributed by atoms with Gasteiger partial charge in [0, 0.05) is 19.0 Å². The summed E-state index contributed by atoms with van der Waals surface area (Å²) in [6.45, 7) is 8.02. The zero-order chi connectivity index (χ0) is 13.3. The second kappa shape index (κ2) is 5.28. The van der Waals surface area contributed by atoms with Gasteiger partial charge in [-0.15, -0.1) is 11.6 Å². The first-order valence-corrected chi connectivity index (χ1v) is 7.10. The predicted molar refractivity (Wildman–Crippen MR) is 77.8 cm³/mol. The van der Waals surface area contributed by atoms with Crippen molar-refractivity contribution in [3.05, 3.63) is 28.8 Å². The molecule has 18 heavy (non-hydrogen) atoms. The van der Waals surface area contributed by atoms with E-state index in [9.17, 15) is 0 Å². The van der Waals surface area contributed by atoms with Gasteiger partial charge in [-0.1, -0.05) is 17.7 Å². The van der Waals surface area contributed by atoms with Crippen molar-refractivity contribution in [1.29, 1.82) is 0 Å². The molecule has 0 aliphatic carbocycles. The predicted octanol–water partition coefficient (Wildman–Crippen LogP) is 4.08. The minimum atomic E-state index is -0.147. The van der Waals surface area contributed by atoms with Crippen molar-refractivity contribution in [3.8, 4) is 0 Å². The van der Waals surface area contributed by atoms with Crippen LogP contribution in [0.3, 0.4) is 0 Å². The van der Waals surface area contributed by atoms with E-state index in [4.69, 9.17) is 27.9 Å². The topological polar surface area (TPSA) is 12.5 Å². The fourth-order valence-corrected chi connectivity index (χ4v) is 3.02. The summed E-state index contributed by atoms with van der Waals surface area (Å²) in [6.07, 6.45) is 0.206. The van der Waals surface area contributed by atoms with Crippen LogP contribution >= 0.6 is 23.2 Å². The molecule has 1 aliphatic heterocycles. The van der Waals surface area contributed by atoms with Crippen LogP contribution in [0.2, 0.25) is 5.02 Å². The highest BCUT2D eigenvalue weighted by molar-refractivity contribution is 6.33. The number of anilines is 1. The van der Waals surface area contributed by atoms with Crippen molar-refractivity contribution in [1.82, 2.24) is 0 Å². The largest absolute Gasteiger partial charge is 0.369 e. The molecule has 0 bridgehead atoms. The molecule has 0 amide bonds. The van der Waals surface area contributed by atoms with E-state index in [1.807, 2.05) is 18.2 Å². The standard InChI is InChI=1S/C14H19Cl2NO/c1-10-8-17(9-14(2,3)18-10)13-5-4-11(7-15)6-12(13)16/h4-6,10H,7-9H2,1-3H3. The Kier molecular flexibility index (Phi) is 4.10. The Hall–Kier alpha value is -0.440. The third-order valence-electron chi connectivity index (χ3n) is 3.08. The van der Waals surface area contributed by atoms with Crippen molar-refractivity contribution in [3.63, 3.8) is 0 Å². The van der Waals surface area contributed by atoms with Gasteiger partial charge in [0.2, 0.25) is 0 Å². The van der Waals surface area contributed by atoms with Crippen LogP contribution in [0, 0.1) is 0 Å². The summed E-state index contributed by atoms with van der Waals surface area (Å²) >= 11 is 12.2. The summed E-state index contributed by atoms with van der Waals surface area (Å²) in [5.74, 6) is 0.491. The second-order valence-corrected chi connectivity index (χ2v) is 6.16. The molecule has 0 radical (unpaired) electrons. The van der Waals surface area contributed by atoms with Gasteiger partial charge in [0.05, 0.1) is 22.4 Å². The average molecular weight is 288 g/mol. The molecule has 1 saturated heterocycles. The molecule has 0 aromatic heterocycles. The maximum absolute atomic E-state index is 6.34. The lowest BCUT2D eigenvalue weighted by Crippen LogP contribution is -2.52. The quantitative estimate of drug-likeness (QED) is 0.760. The summed E-state index contributed by atoms with van der Waals surface area (Å²) in [4.78, 5) is 2.29. The van der Waals surface area contributed by atoms with Gasteiger partial charge in [-0.2, -0.15) is 0 Å². The third kappa shape index (κ3) is 3.11. The number of ether oxygens (including phenoxy) is 1. The summed E-state index contributed by atoms with van der Waals surface area (Å²) in [7, 11) is 0. The lowest BCUT2D eigenvalue weighted by molar-refractivity contribution is -0.0749. The van der Waals surface area contributed by atoms with Crippen LogP contribution in [0.15, 0.2) is 18.2 Å². The van der Waals surface area contributed by atoms with E-state index in [2.05, 4.69) is 25.7 Å². The second-order valence-electron chi connectivity index (χ2n) is 5.49. The number of hydrogen-bond acceptors (Lipinski definition) is 2. The molecule has 1 aromatic rings. The number of nitrogens with zero attached hydrogens (tertiary/aromatic N) is 1. The summed E-state index contributed by atoms with van der Waals surface area (Å²) < 4.78 is 5.90. The van der Waals surface area contributed by atoms with Gasteiger partial charge in [0.15, 0.2) is 0 Å². The lowest BCUT2D eigenvalue weighted by Gasteiger charge is -2.43. The highest BCUT2D eigenvalue weighted by Crippen LogP contribution is 2.32. The summed E-state index contributed by atoms with van der Waals surface area (Å²) in [5.41, 5.74) is 1.96. The third-order valence-corrected chi connectivity index (χ3v) is 3.69. The van der Waals surface area contributed by atoms with Gasteiger partial charge in [0.1, 0.15) is 0 Å². The van der Waals surface area contributed by atoms with Gasteiger partial charge in [-0.3, -0.25) is 0 Å². The highest BCUT2D eigenvalue weighted by atomic mass is 35.5. The van der Waals surface area contributed by atoms with Gasteiger partial charge < -0.3 is 9.64 Å². The van der Waals surface area contributed by atoms with Crippen LogP contribution in [0.1, 0.15) is 26.3 Å². The molecule has 0 N–H and O–H groups in total. The number of alkyl halides is 1. The molecule has 0 spiro atoms. The Balaban J connectivity index is 2.25. The number of hydrogen-bond donors (Lipinski definition) is 0. The number of halogens is 2. The first-order chi connectivity index (χ1) is 8.41. The van der Waals surface area contributed by atoms with E-state index in [1.165, 1.54) is 0 Å². The van der Waals surface area contributed by atoms with Crippen molar-refractivity contribution in [2.75, 3.05) is 18.0 Å². The molecular weight excluding hydrogens is 269 g/mol. The maximum atomic E-state index is 6.34. The fraction of sp³-hybridized carbons (Fsp3) is 0.571. The molecule has 1 aliphatic rings. The van der Waals surface area contributed by atoms with Crippen molar-refractivity contribution in [2.24, 2.45) is 0 Å². The minimum Gasteiger partial charge on any atom is -0.369 e. The Morgan fingerprint density at radius 2 is 2.17 bits per heavy atom. The molecule has 2 nitrogen and oxygen atoms in total. The molecule has 1 heterocycles. The van der Waals surface area contributed by atoms with E-state index in [0.717, 1.165) is 29.4 Å². The van der Waals surface area contributed by atoms with Crippen LogP contribution < -0.4 is 4.90 Å². The van der Waals surface area contributed by atoms with E-state index in [-0.39, 0.29) is 11.7 Å². The Morgan fingerprint density at radius 1 is 1.44 bits per heavy atom. The maximum Gasteiger partial charge on any atom is 0.0805 e. The molecule has 1 unspecified atom stereocenters. The molecule has 0 saturated carbocycles. The van der Waals surface area contributed by atoms with E-state index in [0.29, 0.717) is 5.88 Å². The fourth-order valence-electron chi connectivity index (χ4n) is 2.53. The summed E-state index contributed by atoms with van der Waals surface area (Å²) in [6, 6.07) is 6.02. The molecule has 2 rings (SSSR count). The Bertz CT molecular complexity index is 434. The minimum absolute atomic E-state index is 0.147. The van der Waals surface area contributed by atoms with E-state index in [1.54, 1.807) is 0 Å². The molecule has 100 valence electrons. The van der Waals surface area contributed by atoms with E-state index < -0.39 is 0 Å². The normalized spacial score (nSPS) is 23.2. The van der Waals surface area contributed by atoms with Crippen molar-refractivity contribution >= 4 is 28.9 Å². The first kappa shape index (κ1) is 14.0. The summed E-state index contributed by atoms with van der Waals surface area (Å²) in [5, 5.41) is 0.762. The van der Waals surface area contributed by atoms with E-state index >= 15 is 0 Å². The van der Waals surface area contributed by atoms with Crippen LogP contribution in [0.4, 0.5) is 5.69 Å². The SMILES string of the molecule is CC1CN(c2ccc(CCl)cc2Cl)CC(C)(C)O1. The smallest absolute Gasteiger partial charge is 0.0805 e. The highest BCUT2D eigenvalue weighted by Gasteiger charge is 2.32. The molecule has 1 aromatic carbocycles. The van der Waals surface area contributed by atoms with Gasteiger partial charge in [-0.05, 0) is 38.5 Å². The zero-order valence-corrected chi connectivity index (χ0v) is 12.6. The number of rotatable bonds is 2. The van der Waals surface area contributed by atoms with Crippen molar-refractivity contribution in [2.45, 2.75) is 38.4 Å². The molecule has 1 atom stereocenters. The van der Waals surface area contributed by atoms with Crippen molar-refractivity contribution < 1.29 is 4.74 Å². The van der Waals surface area contributed by atoms with Gasteiger partial charge >= 0.3 is 0 Å². The van der Waals surface area contributed by atoms with Gasteiger partial charge in [-0.25, -0.2) is 0 Å². The van der Waals surface area contributed by atoms with Crippen LogP contribution in [0.5, 0.6) is 0 Å². The number of morpholine rings is 1. The Labute approximate surface area is 119 Å².